The number of rotatable bonds is 5. The quantitative estimate of drug-likeness (QED) is 0.506. The monoisotopic (exact) mass is 173 g/mol. The van der Waals surface area contributed by atoms with Gasteiger partial charge in [-0.1, -0.05) is 19.0 Å². The normalized spacial score (nSPS) is 14.1. The number of hydrogen-bond acceptors (Lipinski definition) is 3. The van der Waals surface area contributed by atoms with E-state index in [2.05, 4.69) is 9.99 Å². The predicted molar refractivity (Wildman–Crippen MR) is 46.2 cm³/mol. The molecule has 0 aliphatic carbocycles. The Bertz CT molecular complexity index is 177. The molecule has 0 saturated carbocycles. The van der Waals surface area contributed by atoms with Gasteiger partial charge in [-0.25, -0.2) is 4.79 Å². The largest absolute Gasteiger partial charge is 0.479 e. The Morgan fingerprint density at radius 3 is 2.67 bits per heavy atom. The van der Waals surface area contributed by atoms with Crippen LogP contribution >= 0.6 is 0 Å². The molecule has 0 rings (SSSR count). The molecular weight excluding hydrogens is 158 g/mol. The van der Waals surface area contributed by atoms with Crippen molar-refractivity contribution in [2.24, 2.45) is 11.1 Å². The molecule has 0 aromatic rings. The summed E-state index contributed by atoms with van der Waals surface area (Å²) in [6, 6.07) is 0. The lowest BCUT2D eigenvalue weighted by Gasteiger charge is -2.06. The number of aliphatic carboxylic acids is 1. The molecule has 1 N–H and O–H groups in total. The molecule has 0 aliphatic heterocycles. The van der Waals surface area contributed by atoms with Crippen LogP contribution in [0.3, 0.4) is 0 Å². The molecule has 0 aromatic heterocycles. The molecule has 70 valence electrons. The van der Waals surface area contributed by atoms with Gasteiger partial charge >= 0.3 is 5.97 Å². The van der Waals surface area contributed by atoms with E-state index in [1.807, 2.05) is 20.8 Å². The summed E-state index contributed by atoms with van der Waals surface area (Å²) in [7, 11) is 0. The van der Waals surface area contributed by atoms with Crippen LogP contribution in [0.15, 0.2) is 5.16 Å². The van der Waals surface area contributed by atoms with Crippen LogP contribution in [0.25, 0.3) is 0 Å². The van der Waals surface area contributed by atoms with Crippen LogP contribution in [0.4, 0.5) is 0 Å². The van der Waals surface area contributed by atoms with Crippen molar-refractivity contribution in [1.82, 2.24) is 0 Å². The molecule has 0 bridgehead atoms. The third-order valence-electron chi connectivity index (χ3n) is 1.72. The van der Waals surface area contributed by atoms with E-state index in [0.29, 0.717) is 5.92 Å². The highest BCUT2D eigenvalue weighted by molar-refractivity contribution is 5.83. The summed E-state index contributed by atoms with van der Waals surface area (Å²) in [4.78, 5) is 14.6. The van der Waals surface area contributed by atoms with Crippen LogP contribution in [-0.2, 0) is 9.63 Å². The summed E-state index contributed by atoms with van der Waals surface area (Å²) in [6.07, 6.45) is 0.978. The lowest BCUT2D eigenvalue weighted by Crippen LogP contribution is -2.09. The molecule has 0 saturated heterocycles. The minimum absolute atomic E-state index is 0.346. The van der Waals surface area contributed by atoms with Gasteiger partial charge in [0, 0.05) is 0 Å². The van der Waals surface area contributed by atoms with Crippen molar-refractivity contribution >= 4 is 11.7 Å². The Morgan fingerprint density at radius 2 is 2.25 bits per heavy atom. The zero-order valence-electron chi connectivity index (χ0n) is 7.70. The summed E-state index contributed by atoms with van der Waals surface area (Å²) in [5, 5.41) is 11.9. The van der Waals surface area contributed by atoms with Crippen molar-refractivity contribution in [2.75, 3.05) is 6.61 Å². The van der Waals surface area contributed by atoms with Crippen LogP contribution in [-0.4, -0.2) is 23.4 Å². The summed E-state index contributed by atoms with van der Waals surface area (Å²) in [5.74, 6) is -0.658. The maximum Gasteiger partial charge on any atom is 0.344 e. The molecule has 0 spiro atoms. The molecule has 0 aromatic carbocycles. The van der Waals surface area contributed by atoms with E-state index >= 15 is 0 Å². The molecule has 4 heteroatoms. The smallest absolute Gasteiger partial charge is 0.344 e. The fourth-order valence-corrected chi connectivity index (χ4v) is 0.575. The van der Waals surface area contributed by atoms with E-state index in [0.717, 1.165) is 12.1 Å². The minimum Gasteiger partial charge on any atom is -0.479 e. The van der Waals surface area contributed by atoms with Crippen molar-refractivity contribution < 1.29 is 14.7 Å². The molecule has 1 unspecified atom stereocenters. The number of carbonyl (C=O) groups is 1. The van der Waals surface area contributed by atoms with Gasteiger partial charge in [0.15, 0.2) is 0 Å². The summed E-state index contributed by atoms with van der Waals surface area (Å²) >= 11 is 0. The van der Waals surface area contributed by atoms with Crippen molar-refractivity contribution in [3.05, 3.63) is 0 Å². The van der Waals surface area contributed by atoms with Crippen molar-refractivity contribution in [3.63, 3.8) is 0 Å². The van der Waals surface area contributed by atoms with Crippen LogP contribution in [0, 0.1) is 5.92 Å². The highest BCUT2D eigenvalue weighted by atomic mass is 16.6. The first-order valence-electron chi connectivity index (χ1n) is 3.96. The number of carboxylic acid groups (broad SMARTS) is 1. The number of carboxylic acids is 1. The second kappa shape index (κ2) is 5.57. The number of nitrogens with zero attached hydrogens (tertiary/aromatic N) is 1. The molecular formula is C8H15NO3. The first kappa shape index (κ1) is 10.9. The zero-order chi connectivity index (χ0) is 9.56. The topological polar surface area (TPSA) is 58.9 Å². The first-order valence-corrected chi connectivity index (χ1v) is 3.96. The van der Waals surface area contributed by atoms with Gasteiger partial charge in [-0.2, -0.15) is 0 Å². The SMILES string of the molecule is CCC(C)C(C)=NOCC(=O)O. The molecule has 0 amide bonds. The minimum atomic E-state index is -1.00. The molecule has 1 atom stereocenters. The highest BCUT2D eigenvalue weighted by Gasteiger charge is 2.03. The summed E-state index contributed by atoms with van der Waals surface area (Å²) in [5.41, 5.74) is 0.832. The van der Waals surface area contributed by atoms with Gasteiger partial charge < -0.3 is 9.94 Å². The van der Waals surface area contributed by atoms with Gasteiger partial charge in [0.1, 0.15) is 0 Å². The summed E-state index contributed by atoms with van der Waals surface area (Å²) in [6.45, 7) is 5.52. The number of hydrogen-bond donors (Lipinski definition) is 1. The second-order valence-electron chi connectivity index (χ2n) is 2.71. The van der Waals surface area contributed by atoms with Crippen LogP contribution in [0.5, 0.6) is 0 Å². The van der Waals surface area contributed by atoms with Crippen LogP contribution in [0.2, 0.25) is 0 Å². The van der Waals surface area contributed by atoms with E-state index < -0.39 is 5.97 Å². The lowest BCUT2D eigenvalue weighted by molar-refractivity contribution is -0.142. The molecule has 0 heterocycles. The van der Waals surface area contributed by atoms with Gasteiger partial charge in [-0.15, -0.1) is 0 Å². The fraction of sp³-hybridized carbons (Fsp3) is 0.750. The van der Waals surface area contributed by atoms with Gasteiger partial charge in [0.05, 0.1) is 5.71 Å². The van der Waals surface area contributed by atoms with E-state index in [-0.39, 0.29) is 6.61 Å². The van der Waals surface area contributed by atoms with E-state index in [4.69, 9.17) is 5.11 Å². The van der Waals surface area contributed by atoms with Gasteiger partial charge in [-0.05, 0) is 19.3 Å². The van der Waals surface area contributed by atoms with Crippen LogP contribution < -0.4 is 0 Å². The van der Waals surface area contributed by atoms with E-state index in [1.165, 1.54) is 0 Å². The molecule has 0 aliphatic rings. The van der Waals surface area contributed by atoms with Crippen LogP contribution in [0.1, 0.15) is 27.2 Å². The Labute approximate surface area is 72.2 Å². The van der Waals surface area contributed by atoms with Gasteiger partial charge in [-0.3, -0.25) is 0 Å². The predicted octanol–water partition coefficient (Wildman–Crippen LogP) is 1.51. The Balaban J connectivity index is 3.76. The molecule has 4 nitrogen and oxygen atoms in total. The van der Waals surface area contributed by atoms with Gasteiger partial charge in [0.25, 0.3) is 0 Å². The average Bonchev–Trinajstić information content (AvgIpc) is 2.02. The fourth-order valence-electron chi connectivity index (χ4n) is 0.575. The summed E-state index contributed by atoms with van der Waals surface area (Å²) < 4.78 is 0. The van der Waals surface area contributed by atoms with Crippen molar-refractivity contribution in [3.8, 4) is 0 Å². The Kier molecular flexibility index (Phi) is 5.08. The maximum atomic E-state index is 10.0. The van der Waals surface area contributed by atoms with Crippen molar-refractivity contribution in [1.29, 1.82) is 0 Å². The second-order valence-corrected chi connectivity index (χ2v) is 2.71. The highest BCUT2D eigenvalue weighted by Crippen LogP contribution is 2.03. The first-order chi connectivity index (χ1) is 5.57. The third-order valence-corrected chi connectivity index (χ3v) is 1.72. The average molecular weight is 173 g/mol. The van der Waals surface area contributed by atoms with Crippen molar-refractivity contribution in [2.45, 2.75) is 27.2 Å². The van der Waals surface area contributed by atoms with E-state index in [9.17, 15) is 4.79 Å². The van der Waals surface area contributed by atoms with E-state index in [1.54, 1.807) is 0 Å². The standard InChI is InChI=1S/C8H15NO3/c1-4-6(2)7(3)9-12-5-8(10)11/h6H,4-5H2,1-3H3,(H,10,11). The maximum absolute atomic E-state index is 10.0. The third kappa shape index (κ3) is 4.71. The Morgan fingerprint density at radius 1 is 1.67 bits per heavy atom. The Hall–Kier alpha value is -1.06. The number of oxime groups is 1. The van der Waals surface area contributed by atoms with Gasteiger partial charge in [0.2, 0.25) is 6.61 Å². The zero-order valence-corrected chi connectivity index (χ0v) is 7.70. The molecule has 0 fully saturated rings. The molecule has 12 heavy (non-hydrogen) atoms. The molecule has 0 radical (unpaired) electrons. The lowest BCUT2D eigenvalue weighted by atomic mass is 10.1.